The topological polar surface area (TPSA) is 87.2 Å². The minimum Gasteiger partial charge on any atom is -0.369 e. The summed E-state index contributed by atoms with van der Waals surface area (Å²) < 4.78 is 65.0. The van der Waals surface area contributed by atoms with Crippen molar-refractivity contribution < 1.29 is 21.6 Å². The zero-order valence-corrected chi connectivity index (χ0v) is 15.7. The number of alkyl halides is 3. The molecule has 0 atom stereocenters. The molecule has 28 heavy (non-hydrogen) atoms. The SMILES string of the molecule is O=S(=O)(NCCNc1cc(N2CCCC2)ncn1)c1cccc(C(F)(F)F)c1. The average Bonchev–Trinajstić information content (AvgIpc) is 3.20. The molecule has 1 aromatic heterocycles. The van der Waals surface area contributed by atoms with E-state index in [9.17, 15) is 21.6 Å². The van der Waals surface area contributed by atoms with Crippen molar-refractivity contribution in [2.24, 2.45) is 0 Å². The Labute approximate surface area is 161 Å². The molecule has 3 rings (SSSR count). The van der Waals surface area contributed by atoms with Gasteiger partial charge in [-0.25, -0.2) is 23.1 Å². The van der Waals surface area contributed by atoms with Gasteiger partial charge in [-0.2, -0.15) is 13.2 Å². The van der Waals surface area contributed by atoms with Gasteiger partial charge in [-0.05, 0) is 31.0 Å². The predicted octanol–water partition coefficient (Wildman–Crippen LogP) is 2.49. The van der Waals surface area contributed by atoms with E-state index in [1.165, 1.54) is 6.33 Å². The molecule has 0 bridgehead atoms. The highest BCUT2D eigenvalue weighted by atomic mass is 32.2. The summed E-state index contributed by atoms with van der Waals surface area (Å²) in [7, 11) is -4.05. The van der Waals surface area contributed by atoms with E-state index in [1.807, 2.05) is 0 Å². The number of nitrogens with one attached hydrogen (secondary N) is 2. The second-order valence-corrected chi connectivity index (χ2v) is 8.07. The van der Waals surface area contributed by atoms with Gasteiger partial charge in [0, 0.05) is 32.2 Å². The molecule has 0 unspecified atom stereocenters. The van der Waals surface area contributed by atoms with Crippen LogP contribution in [0.5, 0.6) is 0 Å². The molecule has 1 aromatic carbocycles. The molecule has 11 heteroatoms. The Bertz CT molecular complexity index is 915. The van der Waals surface area contributed by atoms with Gasteiger partial charge in [0.2, 0.25) is 10.0 Å². The van der Waals surface area contributed by atoms with Crippen LogP contribution in [0.2, 0.25) is 0 Å². The van der Waals surface area contributed by atoms with E-state index < -0.39 is 26.7 Å². The Balaban J connectivity index is 1.55. The first-order chi connectivity index (χ1) is 13.3. The van der Waals surface area contributed by atoms with Crippen molar-refractivity contribution in [1.29, 1.82) is 0 Å². The molecular formula is C17H20F3N5O2S. The molecule has 0 amide bonds. The Kier molecular flexibility index (Phi) is 6.04. The Morgan fingerprint density at radius 1 is 1.07 bits per heavy atom. The van der Waals surface area contributed by atoms with Crippen molar-refractivity contribution in [3.63, 3.8) is 0 Å². The number of hydrogen-bond donors (Lipinski definition) is 2. The fourth-order valence-electron chi connectivity index (χ4n) is 2.86. The summed E-state index contributed by atoms with van der Waals surface area (Å²) in [6.07, 6.45) is -0.940. The third-order valence-corrected chi connectivity index (χ3v) is 5.74. The molecule has 2 aromatic rings. The van der Waals surface area contributed by atoms with Crippen LogP contribution in [0.1, 0.15) is 18.4 Å². The lowest BCUT2D eigenvalue weighted by molar-refractivity contribution is -0.137. The molecule has 1 fully saturated rings. The fourth-order valence-corrected chi connectivity index (χ4v) is 3.94. The van der Waals surface area contributed by atoms with Gasteiger partial charge in [0.05, 0.1) is 10.5 Å². The normalized spacial score (nSPS) is 15.0. The number of nitrogens with zero attached hydrogens (tertiary/aromatic N) is 3. The number of anilines is 2. The van der Waals surface area contributed by atoms with Crippen molar-refractivity contribution in [1.82, 2.24) is 14.7 Å². The number of aromatic nitrogens is 2. The van der Waals surface area contributed by atoms with E-state index in [0.29, 0.717) is 11.9 Å². The van der Waals surface area contributed by atoms with Gasteiger partial charge in [-0.1, -0.05) is 6.07 Å². The molecule has 152 valence electrons. The van der Waals surface area contributed by atoms with Gasteiger partial charge in [0.1, 0.15) is 18.0 Å². The minimum atomic E-state index is -4.60. The summed E-state index contributed by atoms with van der Waals surface area (Å²) in [5.74, 6) is 1.36. The monoisotopic (exact) mass is 415 g/mol. The summed E-state index contributed by atoms with van der Waals surface area (Å²) in [4.78, 5) is 10.0. The van der Waals surface area contributed by atoms with Crippen LogP contribution in [0, 0.1) is 0 Å². The predicted molar refractivity (Wildman–Crippen MR) is 98.6 cm³/mol. The molecule has 0 spiro atoms. The second-order valence-electron chi connectivity index (χ2n) is 6.31. The van der Waals surface area contributed by atoms with Crippen molar-refractivity contribution in [3.05, 3.63) is 42.2 Å². The van der Waals surface area contributed by atoms with Crippen LogP contribution < -0.4 is 14.9 Å². The lowest BCUT2D eigenvalue weighted by Gasteiger charge is -2.16. The first-order valence-corrected chi connectivity index (χ1v) is 10.2. The number of sulfonamides is 1. The van der Waals surface area contributed by atoms with E-state index in [-0.39, 0.29) is 13.1 Å². The zero-order valence-electron chi connectivity index (χ0n) is 14.9. The number of benzene rings is 1. The lowest BCUT2D eigenvalue weighted by Crippen LogP contribution is -2.29. The van der Waals surface area contributed by atoms with E-state index >= 15 is 0 Å². The van der Waals surface area contributed by atoms with Crippen molar-refractivity contribution in [3.8, 4) is 0 Å². The molecule has 2 heterocycles. The summed E-state index contributed by atoms with van der Waals surface area (Å²) in [6.45, 7) is 2.08. The minimum absolute atomic E-state index is 0.0123. The number of hydrogen-bond acceptors (Lipinski definition) is 6. The Hall–Kier alpha value is -2.40. The van der Waals surface area contributed by atoms with Crippen molar-refractivity contribution >= 4 is 21.7 Å². The highest BCUT2D eigenvalue weighted by Gasteiger charge is 2.31. The smallest absolute Gasteiger partial charge is 0.369 e. The van der Waals surface area contributed by atoms with Crippen LogP contribution >= 0.6 is 0 Å². The summed E-state index contributed by atoms with van der Waals surface area (Å²) >= 11 is 0. The van der Waals surface area contributed by atoms with Crippen LogP contribution in [0.25, 0.3) is 0 Å². The molecule has 1 saturated heterocycles. The lowest BCUT2D eigenvalue weighted by atomic mass is 10.2. The Morgan fingerprint density at radius 2 is 1.82 bits per heavy atom. The number of halogens is 3. The van der Waals surface area contributed by atoms with Crippen LogP contribution in [0.15, 0.2) is 41.6 Å². The highest BCUT2D eigenvalue weighted by Crippen LogP contribution is 2.30. The maximum atomic E-state index is 12.8. The van der Waals surface area contributed by atoms with Gasteiger partial charge in [-0.15, -0.1) is 0 Å². The van der Waals surface area contributed by atoms with Crippen LogP contribution in [-0.2, 0) is 16.2 Å². The largest absolute Gasteiger partial charge is 0.416 e. The van der Waals surface area contributed by atoms with Gasteiger partial charge in [0.25, 0.3) is 0 Å². The van der Waals surface area contributed by atoms with Crippen molar-refractivity contribution in [2.45, 2.75) is 23.9 Å². The van der Waals surface area contributed by atoms with E-state index in [4.69, 9.17) is 0 Å². The maximum absolute atomic E-state index is 12.8. The summed E-state index contributed by atoms with van der Waals surface area (Å²) in [5, 5.41) is 2.98. The van der Waals surface area contributed by atoms with Crippen LogP contribution in [-0.4, -0.2) is 44.6 Å². The van der Waals surface area contributed by atoms with Crippen molar-refractivity contribution in [2.75, 3.05) is 36.4 Å². The summed E-state index contributed by atoms with van der Waals surface area (Å²) in [6, 6.07) is 5.41. The Morgan fingerprint density at radius 3 is 2.54 bits per heavy atom. The highest BCUT2D eigenvalue weighted by molar-refractivity contribution is 7.89. The average molecular weight is 415 g/mol. The molecule has 0 radical (unpaired) electrons. The molecule has 7 nitrogen and oxygen atoms in total. The van der Waals surface area contributed by atoms with E-state index in [0.717, 1.165) is 49.9 Å². The maximum Gasteiger partial charge on any atom is 0.416 e. The van der Waals surface area contributed by atoms with Gasteiger partial charge < -0.3 is 10.2 Å². The van der Waals surface area contributed by atoms with E-state index in [2.05, 4.69) is 24.9 Å². The van der Waals surface area contributed by atoms with Gasteiger partial charge in [-0.3, -0.25) is 0 Å². The standard InChI is InChI=1S/C17H20F3N5O2S/c18-17(19,20)13-4-3-5-14(10-13)28(26,27)24-7-6-21-15-11-16(23-12-22-15)25-8-1-2-9-25/h3-5,10-12,24H,1-2,6-9H2,(H,21,22,23). The van der Waals surface area contributed by atoms with Gasteiger partial charge >= 0.3 is 6.18 Å². The molecular weight excluding hydrogens is 395 g/mol. The van der Waals surface area contributed by atoms with E-state index in [1.54, 1.807) is 6.07 Å². The molecule has 0 saturated carbocycles. The zero-order chi connectivity index (χ0) is 20.2. The molecule has 1 aliphatic heterocycles. The third kappa shape index (κ3) is 5.10. The quantitative estimate of drug-likeness (QED) is 0.676. The third-order valence-electron chi connectivity index (χ3n) is 4.28. The van der Waals surface area contributed by atoms with Gasteiger partial charge in [0.15, 0.2) is 0 Å². The first kappa shape index (κ1) is 20.3. The molecule has 2 N–H and O–H groups in total. The summed E-state index contributed by atoms with van der Waals surface area (Å²) in [5.41, 5.74) is -1.01. The van der Waals surface area contributed by atoms with Crippen LogP contribution in [0.3, 0.4) is 0 Å². The fraction of sp³-hybridized carbons (Fsp3) is 0.412. The van der Waals surface area contributed by atoms with Crippen LogP contribution in [0.4, 0.5) is 24.8 Å². The first-order valence-electron chi connectivity index (χ1n) is 8.73. The molecule has 1 aliphatic rings. The number of rotatable bonds is 7. The second kappa shape index (κ2) is 8.31. The molecule has 0 aliphatic carbocycles.